The van der Waals surface area contributed by atoms with Gasteiger partial charge in [0.05, 0.1) is 5.41 Å². The standard InChI is InChI=1S/C19H31BrN4O2/c1-5-6-15(21)9-10-23-13-16(20)22-17(23)14-7-11-24(12-8-14)26-18(25)19(2,3)4/h13-14,21H,5-12H2,1-4H3. The van der Waals surface area contributed by atoms with Crippen molar-refractivity contribution in [3.63, 3.8) is 0 Å². The molecule has 0 aromatic carbocycles. The van der Waals surface area contributed by atoms with Crippen molar-refractivity contribution in [1.82, 2.24) is 14.6 Å². The molecule has 0 unspecified atom stereocenters. The quantitative estimate of drug-likeness (QED) is 0.649. The number of piperidine rings is 1. The predicted octanol–water partition coefficient (Wildman–Crippen LogP) is 4.54. The van der Waals surface area contributed by atoms with Crippen molar-refractivity contribution in [1.29, 1.82) is 5.41 Å². The molecule has 1 saturated heterocycles. The van der Waals surface area contributed by atoms with Gasteiger partial charge in [0.15, 0.2) is 0 Å². The third-order valence-electron chi connectivity index (χ3n) is 4.63. The van der Waals surface area contributed by atoms with Crippen molar-refractivity contribution < 1.29 is 9.63 Å². The van der Waals surface area contributed by atoms with Gasteiger partial charge in [0.25, 0.3) is 0 Å². The van der Waals surface area contributed by atoms with Crippen LogP contribution in [0.5, 0.6) is 0 Å². The number of hydroxylamine groups is 2. The largest absolute Gasteiger partial charge is 0.367 e. The summed E-state index contributed by atoms with van der Waals surface area (Å²) in [5, 5.41) is 9.78. The molecule has 7 heteroatoms. The average molecular weight is 427 g/mol. The Morgan fingerprint density at radius 2 is 2.00 bits per heavy atom. The second-order valence-electron chi connectivity index (χ2n) is 8.05. The number of imidazole rings is 1. The molecule has 0 spiro atoms. The number of carbonyl (C=O) groups is 1. The molecule has 1 N–H and O–H groups in total. The predicted molar refractivity (Wildman–Crippen MR) is 106 cm³/mol. The molecular weight excluding hydrogens is 396 g/mol. The van der Waals surface area contributed by atoms with Gasteiger partial charge in [-0.05, 0) is 56.0 Å². The molecule has 1 aromatic heterocycles. The highest BCUT2D eigenvalue weighted by Gasteiger charge is 2.30. The van der Waals surface area contributed by atoms with Crippen LogP contribution in [0, 0.1) is 10.8 Å². The minimum absolute atomic E-state index is 0.186. The Hall–Kier alpha value is -1.21. The molecule has 0 radical (unpaired) electrons. The van der Waals surface area contributed by atoms with Crippen molar-refractivity contribution >= 4 is 27.6 Å². The van der Waals surface area contributed by atoms with E-state index < -0.39 is 5.41 Å². The van der Waals surface area contributed by atoms with E-state index in [9.17, 15) is 4.79 Å². The van der Waals surface area contributed by atoms with Crippen LogP contribution in [0.2, 0.25) is 0 Å². The van der Waals surface area contributed by atoms with E-state index in [1.165, 1.54) is 0 Å². The topological polar surface area (TPSA) is 71.2 Å². The summed E-state index contributed by atoms with van der Waals surface area (Å²) in [7, 11) is 0. The fraction of sp³-hybridized carbons (Fsp3) is 0.737. The minimum atomic E-state index is -0.485. The zero-order valence-corrected chi connectivity index (χ0v) is 17.9. The van der Waals surface area contributed by atoms with Crippen LogP contribution < -0.4 is 0 Å². The van der Waals surface area contributed by atoms with E-state index >= 15 is 0 Å². The van der Waals surface area contributed by atoms with E-state index in [4.69, 9.17) is 10.2 Å². The van der Waals surface area contributed by atoms with Crippen LogP contribution in [0.1, 0.15) is 71.5 Å². The summed E-state index contributed by atoms with van der Waals surface area (Å²) in [6, 6.07) is 0. The number of rotatable bonds is 7. The molecule has 146 valence electrons. The van der Waals surface area contributed by atoms with Crippen LogP contribution in [0.3, 0.4) is 0 Å². The van der Waals surface area contributed by atoms with Crippen LogP contribution in [0.15, 0.2) is 10.8 Å². The maximum absolute atomic E-state index is 12.0. The van der Waals surface area contributed by atoms with Gasteiger partial charge in [0.2, 0.25) is 0 Å². The molecule has 0 atom stereocenters. The van der Waals surface area contributed by atoms with E-state index in [1.807, 2.05) is 27.0 Å². The molecule has 1 aromatic rings. The van der Waals surface area contributed by atoms with E-state index in [0.29, 0.717) is 5.92 Å². The lowest BCUT2D eigenvalue weighted by molar-refractivity contribution is -0.204. The first-order valence-corrected chi connectivity index (χ1v) is 10.3. The van der Waals surface area contributed by atoms with Crippen LogP contribution in [0.4, 0.5) is 0 Å². The Bertz CT molecular complexity index is 628. The lowest BCUT2D eigenvalue weighted by atomic mass is 9.96. The highest BCUT2D eigenvalue weighted by molar-refractivity contribution is 9.10. The molecule has 0 bridgehead atoms. The van der Waals surface area contributed by atoms with Gasteiger partial charge in [-0.3, -0.25) is 0 Å². The third kappa shape index (κ3) is 5.91. The van der Waals surface area contributed by atoms with Gasteiger partial charge in [-0.15, -0.1) is 5.06 Å². The first-order valence-electron chi connectivity index (χ1n) is 9.47. The zero-order chi connectivity index (χ0) is 19.3. The minimum Gasteiger partial charge on any atom is -0.367 e. The molecule has 1 aliphatic rings. The summed E-state index contributed by atoms with van der Waals surface area (Å²) in [4.78, 5) is 22.2. The van der Waals surface area contributed by atoms with E-state index in [-0.39, 0.29) is 5.97 Å². The molecule has 0 amide bonds. The van der Waals surface area contributed by atoms with Gasteiger partial charge < -0.3 is 14.8 Å². The van der Waals surface area contributed by atoms with Crippen LogP contribution in [-0.4, -0.2) is 39.4 Å². The molecule has 0 aliphatic carbocycles. The third-order valence-corrected chi connectivity index (χ3v) is 5.01. The van der Waals surface area contributed by atoms with Gasteiger partial charge in [-0.25, -0.2) is 9.78 Å². The summed E-state index contributed by atoms with van der Waals surface area (Å²) < 4.78 is 3.02. The molecule has 0 saturated carbocycles. The van der Waals surface area contributed by atoms with Crippen LogP contribution >= 0.6 is 15.9 Å². The van der Waals surface area contributed by atoms with Crippen molar-refractivity contribution in [2.75, 3.05) is 13.1 Å². The fourth-order valence-corrected chi connectivity index (χ4v) is 3.47. The number of aryl methyl sites for hydroxylation is 1. The molecule has 2 rings (SSSR count). The maximum Gasteiger partial charge on any atom is 0.330 e. The summed E-state index contributed by atoms with van der Waals surface area (Å²) in [5.41, 5.74) is 0.313. The summed E-state index contributed by atoms with van der Waals surface area (Å²) in [6.45, 7) is 9.96. The normalized spacial score (nSPS) is 16.7. The second-order valence-corrected chi connectivity index (χ2v) is 8.86. The highest BCUT2D eigenvalue weighted by atomic mass is 79.9. The SMILES string of the molecule is CCCC(=N)CCn1cc(Br)nc1C1CCN(OC(=O)C(C)(C)C)CC1. The Morgan fingerprint density at radius 1 is 1.35 bits per heavy atom. The Labute approximate surface area is 164 Å². The monoisotopic (exact) mass is 426 g/mol. The van der Waals surface area contributed by atoms with Gasteiger partial charge in [0, 0.05) is 43.9 Å². The highest BCUT2D eigenvalue weighted by Crippen LogP contribution is 2.29. The van der Waals surface area contributed by atoms with Crippen molar-refractivity contribution in [3.8, 4) is 0 Å². The maximum atomic E-state index is 12.0. The van der Waals surface area contributed by atoms with Crippen LogP contribution in [0.25, 0.3) is 0 Å². The molecule has 6 nitrogen and oxygen atoms in total. The van der Waals surface area contributed by atoms with E-state index in [2.05, 4.69) is 32.4 Å². The zero-order valence-electron chi connectivity index (χ0n) is 16.3. The smallest absolute Gasteiger partial charge is 0.330 e. The van der Waals surface area contributed by atoms with E-state index in [1.54, 1.807) is 5.06 Å². The molecule has 1 aliphatic heterocycles. The second kappa shape index (κ2) is 9.13. The van der Waals surface area contributed by atoms with Gasteiger partial charge in [-0.2, -0.15) is 0 Å². The lowest BCUT2D eigenvalue weighted by Gasteiger charge is -2.32. The Morgan fingerprint density at radius 3 is 2.58 bits per heavy atom. The van der Waals surface area contributed by atoms with Crippen molar-refractivity contribution in [2.24, 2.45) is 5.41 Å². The van der Waals surface area contributed by atoms with Crippen molar-refractivity contribution in [3.05, 3.63) is 16.6 Å². The fourth-order valence-electron chi connectivity index (χ4n) is 3.04. The Balaban J connectivity index is 1.92. The number of carbonyl (C=O) groups excluding carboxylic acids is 1. The summed E-state index contributed by atoms with van der Waals surface area (Å²) in [5.74, 6) is 1.24. The van der Waals surface area contributed by atoms with Crippen molar-refractivity contribution in [2.45, 2.75) is 72.3 Å². The number of hydrogen-bond donors (Lipinski definition) is 1. The van der Waals surface area contributed by atoms with E-state index in [0.717, 1.165) is 67.9 Å². The number of aromatic nitrogens is 2. The van der Waals surface area contributed by atoms with Gasteiger partial charge in [0.1, 0.15) is 10.4 Å². The average Bonchev–Trinajstić information content (AvgIpc) is 2.94. The summed E-state index contributed by atoms with van der Waals surface area (Å²) >= 11 is 3.49. The Kier molecular flexibility index (Phi) is 7.41. The molecule has 2 heterocycles. The first-order chi connectivity index (χ1) is 12.2. The number of nitrogens with one attached hydrogen (secondary N) is 1. The molecular formula is C19H31BrN4O2. The van der Waals surface area contributed by atoms with Gasteiger partial charge >= 0.3 is 5.97 Å². The number of hydrogen-bond acceptors (Lipinski definition) is 5. The molecule has 26 heavy (non-hydrogen) atoms. The summed E-state index contributed by atoms with van der Waals surface area (Å²) in [6.07, 6.45) is 6.49. The lowest BCUT2D eigenvalue weighted by Crippen LogP contribution is -2.38. The number of halogens is 1. The number of nitrogens with zero attached hydrogens (tertiary/aromatic N) is 3. The molecule has 1 fully saturated rings. The van der Waals surface area contributed by atoms with Crippen LogP contribution in [-0.2, 0) is 16.2 Å². The van der Waals surface area contributed by atoms with Gasteiger partial charge in [-0.1, -0.05) is 13.3 Å². The first kappa shape index (κ1) is 21.1.